The Morgan fingerprint density at radius 1 is 1.19 bits per heavy atom. The highest BCUT2D eigenvalue weighted by Gasteiger charge is 2.30. The summed E-state index contributed by atoms with van der Waals surface area (Å²) in [6.07, 6.45) is -4.76. The number of methoxy groups -OCH3 is 1. The van der Waals surface area contributed by atoms with Gasteiger partial charge in [-0.2, -0.15) is 13.2 Å². The maximum absolute atomic E-state index is 14.4. The maximum Gasteiger partial charge on any atom is 0.406 e. The Balaban J connectivity index is 1.52. The molecule has 1 fully saturated rings. The van der Waals surface area contributed by atoms with Gasteiger partial charge in [0, 0.05) is 41.0 Å². The number of allylic oxidation sites excluding steroid dienone is 1. The average Bonchev–Trinajstić information content (AvgIpc) is 3.25. The number of alkyl halides is 4. The molecule has 0 saturated carbocycles. The number of aromatic nitrogens is 1. The molecule has 0 unspecified atom stereocenters. The zero-order valence-corrected chi connectivity index (χ0v) is 24.5. The third-order valence-electron chi connectivity index (χ3n) is 7.14. The Morgan fingerprint density at radius 2 is 1.95 bits per heavy atom. The fraction of sp³-hybridized carbons (Fsp3) is 0.400. The lowest BCUT2D eigenvalue weighted by molar-refractivity contribution is -0.140. The normalized spacial score (nSPS) is 18.0. The molecule has 2 N–H and O–H groups in total. The van der Waals surface area contributed by atoms with Crippen LogP contribution in [0.15, 0.2) is 58.8 Å². The molecule has 1 aliphatic rings. The van der Waals surface area contributed by atoms with Gasteiger partial charge < -0.3 is 24.8 Å². The van der Waals surface area contributed by atoms with E-state index in [1.807, 2.05) is 11.9 Å². The topological polar surface area (TPSA) is 75.6 Å². The minimum atomic E-state index is -4.45. The summed E-state index contributed by atoms with van der Waals surface area (Å²) in [7, 11) is -0.408. The van der Waals surface area contributed by atoms with E-state index in [4.69, 9.17) is 4.74 Å². The fourth-order valence-electron chi connectivity index (χ4n) is 4.88. The summed E-state index contributed by atoms with van der Waals surface area (Å²) in [6.45, 7) is 5.32. The van der Waals surface area contributed by atoms with Crippen LogP contribution in [-0.2, 0) is 22.9 Å². The van der Waals surface area contributed by atoms with Gasteiger partial charge in [-0.3, -0.25) is 0 Å². The number of likely N-dealkylation sites (tertiary alicyclic amines) is 1. The number of piperidine rings is 1. The third kappa shape index (κ3) is 7.45. The lowest BCUT2D eigenvalue weighted by Crippen LogP contribution is -2.49. The smallest absolute Gasteiger partial charge is 0.406 e. The van der Waals surface area contributed by atoms with Gasteiger partial charge in [0.1, 0.15) is 18.5 Å². The Hall–Kier alpha value is -3.53. The van der Waals surface area contributed by atoms with Crippen molar-refractivity contribution in [2.24, 2.45) is 0 Å². The van der Waals surface area contributed by atoms with Gasteiger partial charge in [0.25, 0.3) is 0 Å². The number of nitrogens with zero attached hydrogens (tertiary/aromatic N) is 2. The van der Waals surface area contributed by atoms with Gasteiger partial charge in [0.05, 0.1) is 29.9 Å². The number of hydrogen-bond donors (Lipinski definition) is 2. The molecule has 0 radical (unpaired) electrons. The molecular formula is C30H34F4N4O3S. The van der Waals surface area contributed by atoms with Gasteiger partial charge in [-0.25, -0.2) is 12.8 Å². The molecule has 1 saturated heterocycles. The molecule has 12 heteroatoms. The molecule has 4 rings (SSSR count). The van der Waals surface area contributed by atoms with Gasteiger partial charge in [-0.15, -0.1) is 0 Å². The van der Waals surface area contributed by atoms with Crippen molar-refractivity contribution in [3.05, 3.63) is 65.2 Å². The molecule has 1 aliphatic heterocycles. The quantitative estimate of drug-likeness (QED) is 0.261. The van der Waals surface area contributed by atoms with Crippen LogP contribution in [0.2, 0.25) is 0 Å². The minimum absolute atomic E-state index is 0.000546. The van der Waals surface area contributed by atoms with E-state index in [1.165, 1.54) is 32.2 Å². The Labute approximate surface area is 243 Å². The molecule has 42 heavy (non-hydrogen) atoms. The maximum atomic E-state index is 14.4. The average molecular weight is 607 g/mol. The van der Waals surface area contributed by atoms with E-state index in [0.29, 0.717) is 36.1 Å². The third-order valence-corrected chi connectivity index (χ3v) is 8.93. The predicted octanol–water partition coefficient (Wildman–Crippen LogP) is 5.11. The first kappa shape index (κ1) is 31.4. The second-order valence-electron chi connectivity index (χ2n) is 10.4. The first-order valence-electron chi connectivity index (χ1n) is 13.3. The van der Waals surface area contributed by atoms with Gasteiger partial charge in [-0.05, 0) is 68.8 Å². The second-order valence-corrected chi connectivity index (χ2v) is 12.6. The van der Waals surface area contributed by atoms with Crippen molar-refractivity contribution in [3.8, 4) is 17.6 Å². The van der Waals surface area contributed by atoms with E-state index in [0.717, 1.165) is 16.7 Å². The summed E-state index contributed by atoms with van der Waals surface area (Å²) in [5.74, 6) is 5.95. The minimum Gasteiger partial charge on any atom is -0.495 e. The summed E-state index contributed by atoms with van der Waals surface area (Å²) in [6, 6.07) is 10.8. The molecule has 2 atom stereocenters. The van der Waals surface area contributed by atoms with Crippen LogP contribution in [0.4, 0.5) is 23.2 Å². The van der Waals surface area contributed by atoms with Gasteiger partial charge >= 0.3 is 6.18 Å². The van der Waals surface area contributed by atoms with E-state index in [9.17, 15) is 26.0 Å². The number of fused-ring (bicyclic) bond motifs is 1. The van der Waals surface area contributed by atoms with Crippen molar-refractivity contribution in [1.29, 1.82) is 0 Å². The van der Waals surface area contributed by atoms with E-state index >= 15 is 0 Å². The van der Waals surface area contributed by atoms with Crippen molar-refractivity contribution in [1.82, 2.24) is 14.8 Å². The fourth-order valence-corrected chi connectivity index (χ4v) is 5.79. The number of nitrogens with one attached hydrogen (secondary N) is 2. The van der Waals surface area contributed by atoms with Crippen LogP contribution >= 0.6 is 0 Å². The highest BCUT2D eigenvalue weighted by atomic mass is 32.2. The zero-order chi connectivity index (χ0) is 30.7. The van der Waals surface area contributed by atoms with Gasteiger partial charge in [0.15, 0.2) is 0 Å². The molecule has 226 valence electrons. The molecule has 0 bridgehead atoms. The van der Waals surface area contributed by atoms with E-state index in [2.05, 4.69) is 29.1 Å². The molecule has 0 spiro atoms. The lowest BCUT2D eigenvalue weighted by Gasteiger charge is -2.32. The number of benzene rings is 2. The number of rotatable bonds is 9. The van der Waals surface area contributed by atoms with Crippen LogP contribution in [0.5, 0.6) is 5.75 Å². The Morgan fingerprint density at radius 3 is 2.62 bits per heavy atom. The van der Waals surface area contributed by atoms with Gasteiger partial charge in [0.2, 0.25) is 9.84 Å². The summed E-state index contributed by atoms with van der Waals surface area (Å²) >= 11 is 0. The van der Waals surface area contributed by atoms with Crippen molar-refractivity contribution in [2.75, 3.05) is 39.1 Å². The summed E-state index contributed by atoms with van der Waals surface area (Å²) < 4.78 is 86.0. The lowest BCUT2D eigenvalue weighted by atomic mass is 10.0. The van der Waals surface area contributed by atoms with Gasteiger partial charge in [-0.1, -0.05) is 18.6 Å². The van der Waals surface area contributed by atoms with Crippen LogP contribution in [0.25, 0.3) is 10.9 Å². The highest BCUT2D eigenvalue weighted by Crippen LogP contribution is 2.30. The second kappa shape index (κ2) is 12.8. The summed E-state index contributed by atoms with van der Waals surface area (Å²) in [5.41, 5.74) is 1.90. The molecule has 0 aliphatic carbocycles. The molecule has 0 amide bonds. The highest BCUT2D eigenvalue weighted by molar-refractivity contribution is 7.95. The zero-order valence-electron chi connectivity index (χ0n) is 23.7. The van der Waals surface area contributed by atoms with Crippen molar-refractivity contribution < 1.29 is 30.7 Å². The molecule has 3 aromatic rings. The molecule has 1 aromatic heterocycles. The van der Waals surface area contributed by atoms with Crippen molar-refractivity contribution >= 4 is 26.4 Å². The molecule has 2 aromatic carbocycles. The van der Waals surface area contributed by atoms with Crippen LogP contribution in [0.3, 0.4) is 0 Å². The SMILES string of the molecule is C=C(C)S(=O)(=O)c1ccc(NCC#Cc2cc3cc(CN[C@@H]4CCN(C)C[C@@H]4F)ccc3n2CC(F)(F)F)c(OC)c1. The van der Waals surface area contributed by atoms with Crippen molar-refractivity contribution in [3.63, 3.8) is 0 Å². The van der Waals surface area contributed by atoms with E-state index in [-0.39, 0.29) is 33.8 Å². The summed E-state index contributed by atoms with van der Waals surface area (Å²) in [5, 5.41) is 6.87. The Bertz CT molecular complexity index is 1620. The first-order valence-corrected chi connectivity index (χ1v) is 14.8. The van der Waals surface area contributed by atoms with E-state index < -0.39 is 28.7 Å². The number of ether oxygens (including phenoxy) is 1. The van der Waals surface area contributed by atoms with Crippen molar-refractivity contribution in [2.45, 2.75) is 49.7 Å². The van der Waals surface area contributed by atoms with E-state index in [1.54, 1.807) is 24.3 Å². The van der Waals surface area contributed by atoms with Crippen LogP contribution < -0.4 is 15.4 Å². The number of sulfone groups is 1. The van der Waals surface area contributed by atoms with Crippen LogP contribution in [0.1, 0.15) is 24.6 Å². The monoisotopic (exact) mass is 606 g/mol. The van der Waals surface area contributed by atoms with Crippen LogP contribution in [-0.4, -0.2) is 70.1 Å². The largest absolute Gasteiger partial charge is 0.495 e. The molecular weight excluding hydrogens is 572 g/mol. The predicted molar refractivity (Wildman–Crippen MR) is 156 cm³/mol. The summed E-state index contributed by atoms with van der Waals surface area (Å²) in [4.78, 5) is 1.98. The number of hydrogen-bond acceptors (Lipinski definition) is 6. The Kier molecular flexibility index (Phi) is 9.55. The number of halogens is 4. The van der Waals surface area contributed by atoms with Crippen LogP contribution in [0, 0.1) is 11.8 Å². The number of anilines is 1. The molecule has 2 heterocycles. The standard InChI is InChI=1S/C30H34F4N4O3S/c1-20(2)42(39,40)24-8-9-27(29(16-24)41-4)35-12-5-6-23-15-22-14-21(7-10-28(22)38(23)19-30(32,33)34)17-36-26-11-13-37(3)18-25(26)31/h7-10,14-16,25-26,35-36H,1,11-13,17-19H2,2-4H3/t25-,26+/m0/s1. The molecule has 7 nitrogen and oxygen atoms in total. The first-order chi connectivity index (χ1) is 19.8.